The van der Waals surface area contributed by atoms with E-state index >= 15 is 0 Å². The van der Waals surface area contributed by atoms with E-state index in [1.54, 1.807) is 14.2 Å². The number of ether oxygens (including phenoxy) is 2. The van der Waals surface area contributed by atoms with Crippen LogP contribution in [0, 0.1) is 11.8 Å². The zero-order chi connectivity index (χ0) is 18.9. The Hall–Kier alpha value is -2.01. The van der Waals surface area contributed by atoms with E-state index in [0.29, 0.717) is 12.1 Å². The lowest BCUT2D eigenvalue weighted by Crippen LogP contribution is -2.72. The SMILES string of the molecule is C/C=C1\CN2CC[C@]34c5cc(OC)ccc5N(C)[C@H]3[C@H]2C[C@H]1[C@@H]4C(=O)OC. The molecule has 0 aromatic heterocycles. The summed E-state index contributed by atoms with van der Waals surface area (Å²) in [5.74, 6) is 0.950. The minimum Gasteiger partial charge on any atom is -0.497 e. The number of anilines is 1. The molecule has 3 heterocycles. The fourth-order valence-corrected chi connectivity index (χ4v) is 6.82. The smallest absolute Gasteiger partial charge is 0.310 e. The third kappa shape index (κ3) is 1.96. The summed E-state index contributed by atoms with van der Waals surface area (Å²) in [6.07, 6.45) is 4.27. The highest BCUT2D eigenvalue weighted by Crippen LogP contribution is 2.63. The number of esters is 1. The van der Waals surface area contributed by atoms with Gasteiger partial charge < -0.3 is 14.4 Å². The molecule has 5 heteroatoms. The number of carbonyl (C=O) groups is 1. The number of piperidine rings is 2. The van der Waals surface area contributed by atoms with Crippen LogP contribution in [0.5, 0.6) is 5.75 Å². The van der Waals surface area contributed by atoms with Crippen molar-refractivity contribution in [1.29, 1.82) is 0 Å². The second-order valence-electron chi connectivity index (χ2n) is 8.47. The maximum Gasteiger partial charge on any atom is 0.310 e. The minimum atomic E-state index is -0.204. The van der Waals surface area contributed by atoms with Crippen molar-refractivity contribution in [1.82, 2.24) is 4.90 Å². The Bertz CT molecular complexity index is 835. The number of benzene rings is 1. The van der Waals surface area contributed by atoms with Crippen LogP contribution in [0.15, 0.2) is 29.8 Å². The van der Waals surface area contributed by atoms with E-state index in [1.807, 2.05) is 6.07 Å². The Morgan fingerprint density at radius 1 is 1.33 bits per heavy atom. The van der Waals surface area contributed by atoms with Crippen molar-refractivity contribution in [2.45, 2.75) is 37.3 Å². The number of hydrogen-bond donors (Lipinski definition) is 0. The maximum absolute atomic E-state index is 13.2. The van der Waals surface area contributed by atoms with Crippen LogP contribution >= 0.6 is 0 Å². The van der Waals surface area contributed by atoms with Crippen LogP contribution in [0.25, 0.3) is 0 Å². The number of methoxy groups -OCH3 is 2. The summed E-state index contributed by atoms with van der Waals surface area (Å²) in [5, 5.41) is 0. The van der Waals surface area contributed by atoms with Gasteiger partial charge in [-0.2, -0.15) is 0 Å². The number of nitrogens with zero attached hydrogens (tertiary/aromatic N) is 2. The van der Waals surface area contributed by atoms with E-state index in [4.69, 9.17) is 9.47 Å². The molecule has 1 aromatic rings. The quantitative estimate of drug-likeness (QED) is 0.593. The van der Waals surface area contributed by atoms with Gasteiger partial charge in [-0.1, -0.05) is 11.6 Å². The number of rotatable bonds is 2. The first kappa shape index (κ1) is 17.1. The number of likely N-dealkylation sites (N-methyl/N-ethyl adjacent to an activating group) is 1. The number of hydrogen-bond acceptors (Lipinski definition) is 5. The molecule has 27 heavy (non-hydrogen) atoms. The van der Waals surface area contributed by atoms with Gasteiger partial charge in [0.05, 0.1) is 26.2 Å². The largest absolute Gasteiger partial charge is 0.497 e. The molecule has 1 aromatic carbocycles. The summed E-state index contributed by atoms with van der Waals surface area (Å²) in [6.45, 7) is 4.13. The van der Waals surface area contributed by atoms with Crippen LogP contribution < -0.4 is 9.64 Å². The summed E-state index contributed by atoms with van der Waals surface area (Å²) in [4.78, 5) is 18.3. The van der Waals surface area contributed by atoms with E-state index in [2.05, 4.69) is 42.0 Å². The molecule has 2 saturated heterocycles. The summed E-state index contributed by atoms with van der Waals surface area (Å²) in [7, 11) is 5.45. The fraction of sp³-hybridized carbons (Fsp3) is 0.591. The Morgan fingerprint density at radius 3 is 2.85 bits per heavy atom. The topological polar surface area (TPSA) is 42.0 Å². The van der Waals surface area contributed by atoms with E-state index in [-0.39, 0.29) is 23.2 Å². The van der Waals surface area contributed by atoms with Crippen molar-refractivity contribution in [2.24, 2.45) is 11.8 Å². The van der Waals surface area contributed by atoms with Gasteiger partial charge in [0.1, 0.15) is 5.75 Å². The van der Waals surface area contributed by atoms with E-state index in [1.165, 1.54) is 16.8 Å². The van der Waals surface area contributed by atoms with E-state index in [9.17, 15) is 4.79 Å². The van der Waals surface area contributed by atoms with Crippen molar-refractivity contribution in [3.05, 3.63) is 35.4 Å². The molecule has 5 atom stereocenters. The van der Waals surface area contributed by atoms with E-state index < -0.39 is 0 Å². The molecule has 3 aliphatic heterocycles. The van der Waals surface area contributed by atoms with Gasteiger partial charge in [0.25, 0.3) is 0 Å². The lowest BCUT2D eigenvalue weighted by molar-refractivity contribution is -0.158. The molecule has 0 N–H and O–H groups in total. The molecule has 5 rings (SSSR count). The minimum absolute atomic E-state index is 0.0535. The van der Waals surface area contributed by atoms with Crippen LogP contribution in [-0.2, 0) is 14.9 Å². The molecule has 1 aliphatic carbocycles. The molecular formula is C22H28N2O3. The molecule has 3 bridgehead atoms. The average Bonchev–Trinajstić information content (AvgIpc) is 2.96. The van der Waals surface area contributed by atoms with Crippen molar-refractivity contribution in [3.63, 3.8) is 0 Å². The molecule has 144 valence electrons. The van der Waals surface area contributed by atoms with Gasteiger partial charge in [-0.25, -0.2) is 0 Å². The van der Waals surface area contributed by atoms with Gasteiger partial charge in [0.2, 0.25) is 0 Å². The fourth-order valence-electron chi connectivity index (χ4n) is 6.82. The average molecular weight is 368 g/mol. The van der Waals surface area contributed by atoms with Gasteiger partial charge in [-0.3, -0.25) is 9.69 Å². The Labute approximate surface area is 160 Å². The molecule has 4 aliphatic rings. The number of carbonyl (C=O) groups excluding carboxylic acids is 1. The third-order valence-corrected chi connectivity index (χ3v) is 7.82. The van der Waals surface area contributed by atoms with Crippen molar-refractivity contribution in [2.75, 3.05) is 39.3 Å². The van der Waals surface area contributed by atoms with Gasteiger partial charge in [-0.15, -0.1) is 0 Å². The molecule has 0 amide bonds. The zero-order valence-corrected chi connectivity index (χ0v) is 16.6. The highest BCUT2D eigenvalue weighted by atomic mass is 16.5. The lowest BCUT2D eigenvalue weighted by Gasteiger charge is -2.63. The summed E-state index contributed by atoms with van der Waals surface area (Å²) >= 11 is 0. The van der Waals surface area contributed by atoms with Gasteiger partial charge in [0, 0.05) is 30.7 Å². The predicted octanol–water partition coefficient (Wildman–Crippen LogP) is 2.59. The van der Waals surface area contributed by atoms with Crippen LogP contribution in [0.1, 0.15) is 25.3 Å². The third-order valence-electron chi connectivity index (χ3n) is 7.82. The van der Waals surface area contributed by atoms with Gasteiger partial charge in [0.15, 0.2) is 0 Å². The number of fused-ring (bicyclic) bond motifs is 2. The molecule has 1 saturated carbocycles. The predicted molar refractivity (Wildman–Crippen MR) is 104 cm³/mol. The first-order valence-corrected chi connectivity index (χ1v) is 9.95. The van der Waals surface area contributed by atoms with Crippen LogP contribution in [-0.4, -0.2) is 57.3 Å². The van der Waals surface area contributed by atoms with Gasteiger partial charge >= 0.3 is 5.97 Å². The Balaban J connectivity index is 1.78. The normalized spacial score (nSPS) is 37.9. The first-order chi connectivity index (χ1) is 13.1. The molecule has 0 spiro atoms. The van der Waals surface area contributed by atoms with E-state index in [0.717, 1.165) is 31.7 Å². The molecule has 5 nitrogen and oxygen atoms in total. The highest BCUT2D eigenvalue weighted by molar-refractivity contribution is 5.80. The highest BCUT2D eigenvalue weighted by Gasteiger charge is 2.68. The van der Waals surface area contributed by atoms with Crippen molar-refractivity contribution in [3.8, 4) is 5.75 Å². The molecular weight excluding hydrogens is 340 g/mol. The standard InChI is InChI=1S/C22H28N2O3/c1-5-13-12-24-9-8-22-16-10-14(26-3)6-7-17(16)23(2)20(22)18(24)11-15(13)19(22)21(25)27-4/h5-7,10,15,18-20H,8-9,11-12H2,1-4H3/b13-5+/t15-,18-,19-,20+,22-/m1/s1. The van der Waals surface area contributed by atoms with Crippen molar-refractivity contribution < 1.29 is 14.3 Å². The number of allylic oxidation sites excluding steroid dienone is 1. The lowest BCUT2D eigenvalue weighted by atomic mass is 9.50. The van der Waals surface area contributed by atoms with Crippen LogP contribution in [0.4, 0.5) is 5.69 Å². The summed E-state index contributed by atoms with van der Waals surface area (Å²) < 4.78 is 11.0. The van der Waals surface area contributed by atoms with Crippen LogP contribution in [0.2, 0.25) is 0 Å². The second-order valence-corrected chi connectivity index (χ2v) is 8.47. The van der Waals surface area contributed by atoms with Crippen molar-refractivity contribution >= 4 is 11.7 Å². The Kier molecular flexibility index (Phi) is 3.64. The monoisotopic (exact) mass is 368 g/mol. The maximum atomic E-state index is 13.2. The zero-order valence-electron chi connectivity index (χ0n) is 16.6. The van der Waals surface area contributed by atoms with Gasteiger partial charge in [-0.05, 0) is 56.0 Å². The second kappa shape index (κ2) is 5.74. The summed E-state index contributed by atoms with van der Waals surface area (Å²) in [6, 6.07) is 7.17. The molecule has 3 fully saturated rings. The first-order valence-electron chi connectivity index (χ1n) is 9.95. The molecule has 0 radical (unpaired) electrons. The molecule has 0 unspecified atom stereocenters. The Morgan fingerprint density at radius 2 is 2.15 bits per heavy atom. The van der Waals surface area contributed by atoms with Crippen LogP contribution in [0.3, 0.4) is 0 Å². The summed E-state index contributed by atoms with van der Waals surface area (Å²) in [5.41, 5.74) is 3.71.